The van der Waals surface area contributed by atoms with Crippen molar-refractivity contribution < 1.29 is 35.6 Å². The van der Waals surface area contributed by atoms with E-state index in [4.69, 9.17) is 10.3 Å². The average molecular weight is 446 g/mol. The number of sulfone groups is 1. The Labute approximate surface area is 169 Å². The quantitative estimate of drug-likeness (QED) is 0.503. The highest BCUT2D eigenvalue weighted by Crippen LogP contribution is 2.23. The molecule has 1 aromatic heterocycles. The van der Waals surface area contributed by atoms with Gasteiger partial charge < -0.3 is 15.0 Å². The number of nitrogens with two attached hydrogens (primary N) is 1. The van der Waals surface area contributed by atoms with Gasteiger partial charge in [0.2, 0.25) is 5.82 Å². The summed E-state index contributed by atoms with van der Waals surface area (Å²) in [7, 11) is -3.51. The molecule has 0 atom stereocenters. The topological polar surface area (TPSA) is 138 Å². The Bertz CT molecular complexity index is 1090. The fourth-order valence-corrected chi connectivity index (χ4v) is 2.74. The van der Waals surface area contributed by atoms with Crippen LogP contribution in [0.1, 0.15) is 12.7 Å². The zero-order chi connectivity index (χ0) is 22.5. The number of benzene rings is 1. The largest absolute Gasteiger partial charge is 0.465 e. The van der Waals surface area contributed by atoms with E-state index < -0.39 is 39.9 Å². The first-order valence-electron chi connectivity index (χ1n) is 8.30. The minimum atomic E-state index is -4.85. The number of nitrogens with zero attached hydrogens (tertiary/aromatic N) is 3. The van der Waals surface area contributed by atoms with Crippen LogP contribution in [-0.2, 0) is 19.4 Å². The lowest BCUT2D eigenvalue weighted by Gasteiger charge is -2.06. The lowest BCUT2D eigenvalue weighted by atomic mass is 10.2. The number of allylic oxidation sites excluding steroid dienone is 2. The zero-order valence-corrected chi connectivity index (χ0v) is 16.6. The summed E-state index contributed by atoms with van der Waals surface area (Å²) < 4.78 is 71.5. The van der Waals surface area contributed by atoms with Crippen LogP contribution >= 0.6 is 0 Å². The van der Waals surface area contributed by atoms with E-state index in [1.54, 1.807) is 6.92 Å². The van der Waals surface area contributed by atoms with Crippen molar-refractivity contribution in [2.75, 3.05) is 19.4 Å². The number of ether oxygens (including phenoxy) is 1. The summed E-state index contributed by atoms with van der Waals surface area (Å²) in [5, 5.41) is 3.56. The lowest BCUT2D eigenvalue weighted by Crippen LogP contribution is -2.21. The maximum Gasteiger partial charge on any atom is 0.430 e. The summed E-state index contributed by atoms with van der Waals surface area (Å²) in [4.78, 5) is 19.2. The summed E-state index contributed by atoms with van der Waals surface area (Å²) in [5.41, 5.74) is 3.29. The standard InChI is InChI=1S/C17H17F3N4O5S/c1-3-28-14(25)9-22-12(8-13(21)17(18,19)20)15-23-16(29-24-15)10-5-4-6-11(7-10)30(2,26)27/h4-8H,3,9,21H2,1-2H3/b13-8-,22-12?. The fraction of sp³-hybridized carbons (Fsp3) is 0.294. The number of aliphatic imine (C=N–C) groups is 1. The summed E-state index contributed by atoms with van der Waals surface area (Å²) in [6, 6.07) is 5.53. The smallest absolute Gasteiger partial charge is 0.430 e. The summed E-state index contributed by atoms with van der Waals surface area (Å²) >= 11 is 0. The number of esters is 1. The van der Waals surface area contributed by atoms with Gasteiger partial charge >= 0.3 is 12.1 Å². The van der Waals surface area contributed by atoms with Crippen LogP contribution in [0.3, 0.4) is 0 Å². The number of aromatic nitrogens is 2. The maximum atomic E-state index is 12.8. The molecule has 13 heteroatoms. The molecule has 0 spiro atoms. The molecule has 30 heavy (non-hydrogen) atoms. The van der Waals surface area contributed by atoms with E-state index in [9.17, 15) is 26.4 Å². The van der Waals surface area contributed by atoms with Gasteiger partial charge in [-0.25, -0.2) is 8.42 Å². The van der Waals surface area contributed by atoms with Crippen molar-refractivity contribution in [2.24, 2.45) is 10.7 Å². The van der Waals surface area contributed by atoms with Crippen LogP contribution in [-0.4, -0.2) is 55.8 Å². The Hall–Kier alpha value is -3.22. The molecular weight excluding hydrogens is 429 g/mol. The highest BCUT2D eigenvalue weighted by atomic mass is 32.2. The number of alkyl halides is 3. The second kappa shape index (κ2) is 9.07. The van der Waals surface area contributed by atoms with Crippen molar-refractivity contribution >= 4 is 21.5 Å². The number of rotatable bonds is 7. The summed E-state index contributed by atoms with van der Waals surface area (Å²) in [6.45, 7) is 1.02. The van der Waals surface area contributed by atoms with Crippen LogP contribution in [0.4, 0.5) is 13.2 Å². The van der Waals surface area contributed by atoms with Gasteiger partial charge in [0.05, 0.1) is 11.5 Å². The molecule has 2 rings (SSSR count). The number of carbonyl (C=O) groups excluding carboxylic acids is 1. The Morgan fingerprint density at radius 1 is 1.37 bits per heavy atom. The van der Waals surface area contributed by atoms with Crippen LogP contribution < -0.4 is 5.73 Å². The molecule has 9 nitrogen and oxygen atoms in total. The third kappa shape index (κ3) is 6.14. The Balaban J connectivity index is 2.45. The van der Waals surface area contributed by atoms with Crippen LogP contribution in [0.15, 0.2) is 50.4 Å². The van der Waals surface area contributed by atoms with Gasteiger partial charge in [-0.1, -0.05) is 11.2 Å². The molecule has 0 amide bonds. The van der Waals surface area contributed by atoms with Crippen LogP contribution in [0.2, 0.25) is 0 Å². The first kappa shape index (κ1) is 23.1. The van der Waals surface area contributed by atoms with E-state index in [2.05, 4.69) is 19.9 Å². The van der Waals surface area contributed by atoms with Crippen molar-refractivity contribution in [3.05, 3.63) is 41.9 Å². The van der Waals surface area contributed by atoms with Crippen molar-refractivity contribution in [1.29, 1.82) is 0 Å². The van der Waals surface area contributed by atoms with Gasteiger partial charge in [-0.2, -0.15) is 18.2 Å². The molecule has 2 aromatic rings. The Kier molecular flexibility index (Phi) is 6.97. The molecule has 162 valence electrons. The van der Waals surface area contributed by atoms with Gasteiger partial charge in [0.15, 0.2) is 9.84 Å². The lowest BCUT2D eigenvalue weighted by molar-refractivity contribution is -0.141. The van der Waals surface area contributed by atoms with Crippen LogP contribution in [0.5, 0.6) is 0 Å². The van der Waals surface area contributed by atoms with E-state index in [0.29, 0.717) is 6.08 Å². The third-order valence-corrected chi connectivity index (χ3v) is 4.58. The zero-order valence-electron chi connectivity index (χ0n) is 15.8. The molecule has 0 aliphatic rings. The van der Waals surface area contributed by atoms with Gasteiger partial charge in [-0.05, 0) is 31.2 Å². The molecular formula is C17H17F3N4O5S. The van der Waals surface area contributed by atoms with Crippen molar-refractivity contribution in [3.8, 4) is 11.5 Å². The molecule has 0 unspecified atom stereocenters. The fourth-order valence-electron chi connectivity index (χ4n) is 2.07. The Morgan fingerprint density at radius 2 is 2.07 bits per heavy atom. The normalized spacial score (nSPS) is 13.4. The second-order valence-electron chi connectivity index (χ2n) is 5.83. The number of hydrogen-bond acceptors (Lipinski definition) is 9. The van der Waals surface area contributed by atoms with Crippen LogP contribution in [0, 0.1) is 0 Å². The average Bonchev–Trinajstić information content (AvgIpc) is 3.14. The van der Waals surface area contributed by atoms with Crippen molar-refractivity contribution in [1.82, 2.24) is 10.1 Å². The van der Waals surface area contributed by atoms with Gasteiger partial charge in [0, 0.05) is 11.8 Å². The highest BCUT2D eigenvalue weighted by molar-refractivity contribution is 7.90. The predicted molar refractivity (Wildman–Crippen MR) is 99.2 cm³/mol. The molecule has 0 fully saturated rings. The third-order valence-electron chi connectivity index (χ3n) is 3.47. The molecule has 0 bridgehead atoms. The van der Waals surface area contributed by atoms with Gasteiger partial charge in [0.1, 0.15) is 18.0 Å². The minimum absolute atomic E-state index is 0.0165. The number of hydrogen-bond donors (Lipinski definition) is 1. The Morgan fingerprint density at radius 3 is 2.67 bits per heavy atom. The molecule has 0 aliphatic carbocycles. The number of carbonyl (C=O) groups is 1. The van der Waals surface area contributed by atoms with Gasteiger partial charge in [-0.3, -0.25) is 9.79 Å². The summed E-state index contributed by atoms with van der Waals surface area (Å²) in [5.74, 6) is -1.33. The molecule has 1 heterocycles. The summed E-state index contributed by atoms with van der Waals surface area (Å²) in [6.07, 6.45) is -3.38. The SMILES string of the molecule is CCOC(=O)CN=C(/C=C(\N)C(F)(F)F)c1noc(-c2cccc(S(C)(=O)=O)c2)n1. The van der Waals surface area contributed by atoms with Crippen LogP contribution in [0.25, 0.3) is 11.5 Å². The molecule has 0 aliphatic heterocycles. The predicted octanol–water partition coefficient (Wildman–Crippen LogP) is 1.90. The molecule has 1 aromatic carbocycles. The molecule has 0 saturated carbocycles. The van der Waals surface area contributed by atoms with Gasteiger partial charge in [0.25, 0.3) is 5.89 Å². The van der Waals surface area contributed by atoms with Crippen molar-refractivity contribution in [2.45, 2.75) is 18.0 Å². The molecule has 0 radical (unpaired) electrons. The van der Waals surface area contributed by atoms with Crippen molar-refractivity contribution in [3.63, 3.8) is 0 Å². The van der Waals surface area contributed by atoms with E-state index in [1.807, 2.05) is 0 Å². The monoisotopic (exact) mass is 446 g/mol. The maximum absolute atomic E-state index is 12.8. The van der Waals surface area contributed by atoms with E-state index >= 15 is 0 Å². The van der Waals surface area contributed by atoms with E-state index in [0.717, 1.165) is 6.26 Å². The van der Waals surface area contributed by atoms with E-state index in [-0.39, 0.29) is 28.8 Å². The highest BCUT2D eigenvalue weighted by Gasteiger charge is 2.32. The minimum Gasteiger partial charge on any atom is -0.465 e. The van der Waals surface area contributed by atoms with E-state index in [1.165, 1.54) is 24.3 Å². The first-order chi connectivity index (χ1) is 13.9. The second-order valence-corrected chi connectivity index (χ2v) is 7.84. The molecule has 2 N–H and O–H groups in total. The first-order valence-corrected chi connectivity index (χ1v) is 10.2. The number of halogens is 3. The van der Waals surface area contributed by atoms with Gasteiger partial charge in [-0.15, -0.1) is 0 Å². The molecule has 0 saturated heterocycles.